The Morgan fingerprint density at radius 1 is 1.18 bits per heavy atom. The molecule has 0 aliphatic carbocycles. The minimum absolute atomic E-state index is 0.0268. The van der Waals surface area contributed by atoms with Crippen LogP contribution >= 0.6 is 0 Å². The summed E-state index contributed by atoms with van der Waals surface area (Å²) in [4.78, 5) is 11.3. The van der Waals surface area contributed by atoms with Crippen molar-refractivity contribution in [2.24, 2.45) is 0 Å². The average molecular weight is 374 g/mol. The maximum absolute atomic E-state index is 11.3. The number of ether oxygens (including phenoxy) is 1. The average Bonchev–Trinajstić information content (AvgIpc) is 3.12. The standard InChI is InChI=1S/C23H22N2O3/c1-15-12-17(14-24)4-9-20(15)23-21(18-5-7-19(28-3)8-6-18)10-11-25(23)16(2)13-22(26)27/h4-12,16H,13H2,1-3H3,(H,26,27). The highest BCUT2D eigenvalue weighted by Crippen LogP contribution is 2.38. The molecule has 142 valence electrons. The monoisotopic (exact) mass is 374 g/mol. The van der Waals surface area contributed by atoms with Gasteiger partial charge in [-0.15, -0.1) is 0 Å². The van der Waals surface area contributed by atoms with Crippen molar-refractivity contribution in [3.05, 3.63) is 65.9 Å². The molecule has 3 aromatic rings. The van der Waals surface area contributed by atoms with Crippen molar-refractivity contribution in [1.82, 2.24) is 4.57 Å². The summed E-state index contributed by atoms with van der Waals surface area (Å²) in [6.07, 6.45) is 1.96. The molecule has 5 nitrogen and oxygen atoms in total. The molecule has 5 heteroatoms. The fourth-order valence-corrected chi connectivity index (χ4v) is 3.45. The van der Waals surface area contributed by atoms with E-state index in [1.165, 1.54) is 0 Å². The summed E-state index contributed by atoms with van der Waals surface area (Å²) in [5.41, 5.74) is 5.52. The van der Waals surface area contributed by atoms with Gasteiger partial charge in [-0.2, -0.15) is 5.26 Å². The van der Waals surface area contributed by atoms with Crippen LogP contribution in [0.15, 0.2) is 54.7 Å². The SMILES string of the molecule is COc1ccc(-c2ccn(C(C)CC(=O)O)c2-c2ccc(C#N)cc2C)cc1. The first-order valence-electron chi connectivity index (χ1n) is 9.02. The Kier molecular flexibility index (Phi) is 5.51. The van der Waals surface area contributed by atoms with Gasteiger partial charge in [-0.25, -0.2) is 0 Å². The number of nitrogens with zero attached hydrogens (tertiary/aromatic N) is 2. The predicted molar refractivity (Wildman–Crippen MR) is 108 cm³/mol. The second-order valence-electron chi connectivity index (χ2n) is 6.80. The van der Waals surface area contributed by atoms with Gasteiger partial charge >= 0.3 is 5.97 Å². The molecule has 3 rings (SSSR count). The molecular weight excluding hydrogens is 352 g/mol. The van der Waals surface area contributed by atoms with Gasteiger partial charge in [0.15, 0.2) is 0 Å². The largest absolute Gasteiger partial charge is 0.497 e. The molecule has 1 heterocycles. The summed E-state index contributed by atoms with van der Waals surface area (Å²) in [5.74, 6) is -0.0618. The molecule has 0 spiro atoms. The van der Waals surface area contributed by atoms with E-state index < -0.39 is 5.97 Å². The molecule has 0 amide bonds. The van der Waals surface area contributed by atoms with Crippen molar-refractivity contribution in [3.8, 4) is 34.2 Å². The van der Waals surface area contributed by atoms with Crippen molar-refractivity contribution >= 4 is 5.97 Å². The number of aryl methyl sites for hydroxylation is 1. The molecular formula is C23H22N2O3. The lowest BCUT2D eigenvalue weighted by Gasteiger charge is -2.19. The van der Waals surface area contributed by atoms with Gasteiger partial charge in [0.1, 0.15) is 5.75 Å². The Bertz CT molecular complexity index is 1040. The van der Waals surface area contributed by atoms with Crippen LogP contribution in [0.1, 0.15) is 30.5 Å². The molecule has 0 bridgehead atoms. The third-order valence-corrected chi connectivity index (χ3v) is 4.87. The number of carbonyl (C=O) groups is 1. The molecule has 1 N–H and O–H groups in total. The smallest absolute Gasteiger partial charge is 0.305 e. The van der Waals surface area contributed by atoms with Gasteiger partial charge in [0.05, 0.1) is 30.9 Å². The van der Waals surface area contributed by atoms with E-state index in [1.54, 1.807) is 13.2 Å². The number of aliphatic carboxylic acids is 1. The summed E-state index contributed by atoms with van der Waals surface area (Å²) in [7, 11) is 1.63. The number of carboxylic acids is 1. The first-order valence-corrected chi connectivity index (χ1v) is 9.02. The van der Waals surface area contributed by atoms with Crippen LogP contribution in [0.5, 0.6) is 5.75 Å². The van der Waals surface area contributed by atoms with Crippen LogP contribution in [-0.2, 0) is 4.79 Å². The minimum atomic E-state index is -0.838. The third kappa shape index (κ3) is 3.77. The number of nitriles is 1. The minimum Gasteiger partial charge on any atom is -0.497 e. The zero-order valence-electron chi connectivity index (χ0n) is 16.1. The molecule has 0 aliphatic rings. The molecule has 2 aromatic carbocycles. The molecule has 1 aromatic heterocycles. The van der Waals surface area contributed by atoms with Gasteiger partial charge in [-0.1, -0.05) is 18.2 Å². The fourth-order valence-electron chi connectivity index (χ4n) is 3.45. The Labute approximate surface area is 164 Å². The number of methoxy groups -OCH3 is 1. The van der Waals surface area contributed by atoms with E-state index in [2.05, 4.69) is 6.07 Å². The Hall–Kier alpha value is -3.52. The van der Waals surface area contributed by atoms with E-state index in [0.29, 0.717) is 5.56 Å². The Morgan fingerprint density at radius 3 is 2.46 bits per heavy atom. The van der Waals surface area contributed by atoms with E-state index >= 15 is 0 Å². The molecule has 0 aliphatic heterocycles. The highest BCUT2D eigenvalue weighted by Gasteiger charge is 2.20. The van der Waals surface area contributed by atoms with E-state index in [-0.39, 0.29) is 12.5 Å². The van der Waals surface area contributed by atoms with Gasteiger partial charge in [0.25, 0.3) is 0 Å². The lowest BCUT2D eigenvalue weighted by Crippen LogP contribution is -2.11. The van der Waals surface area contributed by atoms with E-state index in [4.69, 9.17) is 4.74 Å². The molecule has 28 heavy (non-hydrogen) atoms. The van der Waals surface area contributed by atoms with Crippen molar-refractivity contribution < 1.29 is 14.6 Å². The molecule has 0 saturated carbocycles. The van der Waals surface area contributed by atoms with Gasteiger partial charge < -0.3 is 14.4 Å². The quantitative estimate of drug-likeness (QED) is 0.655. The van der Waals surface area contributed by atoms with Crippen molar-refractivity contribution in [1.29, 1.82) is 5.26 Å². The number of hydrogen-bond acceptors (Lipinski definition) is 3. The maximum atomic E-state index is 11.3. The van der Waals surface area contributed by atoms with Gasteiger partial charge in [0, 0.05) is 23.4 Å². The zero-order chi connectivity index (χ0) is 20.3. The number of hydrogen-bond donors (Lipinski definition) is 1. The van der Waals surface area contributed by atoms with Crippen LogP contribution < -0.4 is 4.74 Å². The molecule has 1 atom stereocenters. The van der Waals surface area contributed by atoms with Crippen LogP contribution in [-0.4, -0.2) is 22.8 Å². The molecule has 0 radical (unpaired) electrons. The lowest BCUT2D eigenvalue weighted by atomic mass is 9.96. The van der Waals surface area contributed by atoms with Crippen molar-refractivity contribution in [3.63, 3.8) is 0 Å². The van der Waals surface area contributed by atoms with Crippen LogP contribution in [0, 0.1) is 18.3 Å². The van der Waals surface area contributed by atoms with Crippen LogP contribution in [0.25, 0.3) is 22.4 Å². The van der Waals surface area contributed by atoms with Crippen LogP contribution in [0.3, 0.4) is 0 Å². The molecule has 1 unspecified atom stereocenters. The van der Waals surface area contributed by atoms with E-state index in [0.717, 1.165) is 33.7 Å². The van der Waals surface area contributed by atoms with Gasteiger partial charge in [0.2, 0.25) is 0 Å². The first-order chi connectivity index (χ1) is 13.4. The van der Waals surface area contributed by atoms with Crippen molar-refractivity contribution in [2.75, 3.05) is 7.11 Å². The normalized spacial score (nSPS) is 11.6. The van der Waals surface area contributed by atoms with Crippen molar-refractivity contribution in [2.45, 2.75) is 26.3 Å². The molecule has 0 saturated heterocycles. The Morgan fingerprint density at radius 2 is 1.89 bits per heavy atom. The van der Waals surface area contributed by atoms with Gasteiger partial charge in [-0.05, 0) is 55.3 Å². The summed E-state index contributed by atoms with van der Waals surface area (Å²) in [6.45, 7) is 3.86. The van der Waals surface area contributed by atoms with E-state index in [1.807, 2.05) is 67.1 Å². The van der Waals surface area contributed by atoms with Crippen LogP contribution in [0.2, 0.25) is 0 Å². The van der Waals surface area contributed by atoms with Crippen LogP contribution in [0.4, 0.5) is 0 Å². The topological polar surface area (TPSA) is 75.2 Å². The van der Waals surface area contributed by atoms with Gasteiger partial charge in [-0.3, -0.25) is 4.79 Å². The number of aromatic nitrogens is 1. The fraction of sp³-hybridized carbons (Fsp3) is 0.217. The number of carboxylic acid groups (broad SMARTS) is 1. The number of benzene rings is 2. The second-order valence-corrected chi connectivity index (χ2v) is 6.80. The zero-order valence-corrected chi connectivity index (χ0v) is 16.1. The second kappa shape index (κ2) is 8.01. The summed E-state index contributed by atoms with van der Waals surface area (Å²) in [5, 5.41) is 18.4. The highest BCUT2D eigenvalue weighted by molar-refractivity contribution is 5.84. The highest BCUT2D eigenvalue weighted by atomic mass is 16.5. The predicted octanol–water partition coefficient (Wildman–Crippen LogP) is 5.05. The summed E-state index contributed by atoms with van der Waals surface area (Å²) >= 11 is 0. The van der Waals surface area contributed by atoms with E-state index in [9.17, 15) is 15.2 Å². The summed E-state index contributed by atoms with van der Waals surface area (Å²) < 4.78 is 7.25. The first kappa shape index (κ1) is 19.2. The molecule has 0 fully saturated rings. The number of rotatable bonds is 6. The lowest BCUT2D eigenvalue weighted by molar-refractivity contribution is -0.137. The summed E-state index contributed by atoms with van der Waals surface area (Å²) in [6, 6.07) is 17.3. The Balaban J connectivity index is 2.19. The maximum Gasteiger partial charge on any atom is 0.305 e. The third-order valence-electron chi connectivity index (χ3n) is 4.87.